The van der Waals surface area contributed by atoms with E-state index in [4.69, 9.17) is 15.9 Å². The number of nitrogens with one attached hydrogen (secondary N) is 1. The third-order valence-electron chi connectivity index (χ3n) is 1.96. The molecule has 1 aliphatic heterocycles. The molecule has 0 spiro atoms. The Labute approximate surface area is 72.4 Å². The van der Waals surface area contributed by atoms with Crippen molar-refractivity contribution >= 4 is 5.84 Å². The fourth-order valence-corrected chi connectivity index (χ4v) is 1.10. The molecule has 0 fully saturated rings. The van der Waals surface area contributed by atoms with Crippen molar-refractivity contribution in [1.82, 2.24) is 0 Å². The van der Waals surface area contributed by atoms with Crippen LogP contribution in [-0.2, 0) is 4.74 Å². The number of rotatable bonds is 2. The minimum Gasteiger partial charge on any atom is -0.498 e. The summed E-state index contributed by atoms with van der Waals surface area (Å²) in [5.41, 5.74) is 7.27. The van der Waals surface area contributed by atoms with Crippen LogP contribution >= 0.6 is 0 Å². The maximum atomic E-state index is 7.18. The Bertz CT molecular complexity index is 264. The van der Waals surface area contributed by atoms with E-state index in [1.165, 1.54) is 0 Å². The molecular formula is C9H14N2O. The normalized spacial score (nSPS) is 18.0. The molecule has 0 saturated heterocycles. The van der Waals surface area contributed by atoms with E-state index in [2.05, 4.69) is 0 Å². The fraction of sp³-hybridized carbons (Fsp3) is 0.444. The van der Waals surface area contributed by atoms with Crippen LogP contribution < -0.4 is 5.73 Å². The molecule has 1 heterocycles. The Morgan fingerprint density at radius 3 is 2.75 bits per heavy atom. The second kappa shape index (κ2) is 3.43. The van der Waals surface area contributed by atoms with Gasteiger partial charge in [0.2, 0.25) is 0 Å². The van der Waals surface area contributed by atoms with Crippen molar-refractivity contribution in [2.75, 3.05) is 6.61 Å². The topological polar surface area (TPSA) is 59.1 Å². The third kappa shape index (κ3) is 1.87. The van der Waals surface area contributed by atoms with Gasteiger partial charge in [0.25, 0.3) is 0 Å². The molecule has 0 atom stereocenters. The lowest BCUT2D eigenvalue weighted by Gasteiger charge is -1.98. The number of amidine groups is 1. The Morgan fingerprint density at radius 2 is 2.33 bits per heavy atom. The highest BCUT2D eigenvalue weighted by atomic mass is 16.5. The van der Waals surface area contributed by atoms with E-state index in [0.29, 0.717) is 0 Å². The number of nitrogens with two attached hydrogens (primary N) is 1. The summed E-state index contributed by atoms with van der Waals surface area (Å²) in [6.07, 6.45) is 2.85. The van der Waals surface area contributed by atoms with Crippen molar-refractivity contribution in [3.63, 3.8) is 0 Å². The zero-order valence-corrected chi connectivity index (χ0v) is 7.48. The second-order valence-electron chi connectivity index (χ2n) is 2.92. The van der Waals surface area contributed by atoms with Crippen LogP contribution in [0.3, 0.4) is 0 Å². The van der Waals surface area contributed by atoms with Crippen molar-refractivity contribution in [2.45, 2.75) is 20.3 Å². The van der Waals surface area contributed by atoms with Crippen molar-refractivity contribution in [1.29, 1.82) is 5.41 Å². The molecule has 3 heteroatoms. The maximum Gasteiger partial charge on any atom is 0.118 e. The second-order valence-corrected chi connectivity index (χ2v) is 2.92. The molecule has 0 aliphatic carbocycles. The van der Waals surface area contributed by atoms with Gasteiger partial charge in [-0.15, -0.1) is 0 Å². The van der Waals surface area contributed by atoms with E-state index in [1.807, 2.05) is 19.9 Å². The van der Waals surface area contributed by atoms with Crippen LogP contribution in [-0.4, -0.2) is 12.4 Å². The van der Waals surface area contributed by atoms with Crippen LogP contribution in [0.2, 0.25) is 0 Å². The molecule has 0 unspecified atom stereocenters. The highest BCUT2D eigenvalue weighted by Gasteiger charge is 2.09. The zero-order chi connectivity index (χ0) is 9.14. The van der Waals surface area contributed by atoms with E-state index in [9.17, 15) is 0 Å². The summed E-state index contributed by atoms with van der Waals surface area (Å²) in [7, 11) is 0. The lowest BCUT2D eigenvalue weighted by molar-refractivity contribution is 0.246. The van der Waals surface area contributed by atoms with Crippen molar-refractivity contribution < 1.29 is 4.74 Å². The zero-order valence-electron chi connectivity index (χ0n) is 7.48. The van der Waals surface area contributed by atoms with Gasteiger partial charge in [-0.2, -0.15) is 0 Å². The van der Waals surface area contributed by atoms with Gasteiger partial charge in [-0.05, 0) is 31.1 Å². The molecule has 0 aromatic carbocycles. The van der Waals surface area contributed by atoms with Crippen molar-refractivity contribution in [3.05, 3.63) is 23.0 Å². The molecule has 0 radical (unpaired) electrons. The van der Waals surface area contributed by atoms with Crippen LogP contribution in [0.5, 0.6) is 0 Å². The van der Waals surface area contributed by atoms with Gasteiger partial charge in [-0.3, -0.25) is 5.41 Å². The van der Waals surface area contributed by atoms with Gasteiger partial charge < -0.3 is 10.5 Å². The molecule has 0 saturated carbocycles. The number of ether oxygens (including phenoxy) is 1. The molecule has 0 aromatic rings. The Kier molecular flexibility index (Phi) is 2.53. The molecule has 66 valence electrons. The standard InChI is InChI=1S/C9H14N2O/c1-6(9(10)11)5-8-3-4-12-7(8)2/h5H,3-4H2,1-2H3,(H3,10,11)/b6-5+. The van der Waals surface area contributed by atoms with Gasteiger partial charge in [0.05, 0.1) is 12.4 Å². The van der Waals surface area contributed by atoms with Gasteiger partial charge in [0.15, 0.2) is 0 Å². The Hall–Kier alpha value is -1.25. The summed E-state index contributed by atoms with van der Waals surface area (Å²) in [6.45, 7) is 4.52. The third-order valence-corrected chi connectivity index (χ3v) is 1.96. The monoisotopic (exact) mass is 166 g/mol. The SMILES string of the molecule is CC1=C(/C=C(\C)C(=N)N)CCO1. The Morgan fingerprint density at radius 1 is 1.67 bits per heavy atom. The largest absolute Gasteiger partial charge is 0.498 e. The molecule has 3 nitrogen and oxygen atoms in total. The lowest BCUT2D eigenvalue weighted by Crippen LogP contribution is -2.10. The highest BCUT2D eigenvalue weighted by molar-refractivity contribution is 5.94. The number of hydrogen-bond acceptors (Lipinski definition) is 2. The molecule has 1 aliphatic rings. The summed E-state index contributed by atoms with van der Waals surface area (Å²) in [5, 5.41) is 7.18. The molecule has 0 aromatic heterocycles. The molecule has 12 heavy (non-hydrogen) atoms. The minimum absolute atomic E-state index is 0.127. The van der Waals surface area contributed by atoms with Gasteiger partial charge in [0, 0.05) is 6.42 Å². The average Bonchev–Trinajstić information content (AvgIpc) is 2.36. The molecule has 0 bridgehead atoms. The molecule has 0 amide bonds. The first-order chi connectivity index (χ1) is 5.61. The summed E-state index contributed by atoms with van der Waals surface area (Å²) in [5.74, 6) is 1.08. The minimum atomic E-state index is 0.127. The number of allylic oxidation sites excluding steroid dienone is 2. The van der Waals surface area contributed by atoms with Crippen LogP contribution in [0, 0.1) is 5.41 Å². The first-order valence-corrected chi connectivity index (χ1v) is 3.96. The predicted octanol–water partition coefficient (Wildman–Crippen LogP) is 1.56. The highest BCUT2D eigenvalue weighted by Crippen LogP contribution is 2.20. The van der Waals surface area contributed by atoms with Crippen molar-refractivity contribution in [3.8, 4) is 0 Å². The van der Waals surface area contributed by atoms with E-state index in [1.54, 1.807) is 0 Å². The molecule has 1 rings (SSSR count). The van der Waals surface area contributed by atoms with Crippen LogP contribution in [0.15, 0.2) is 23.0 Å². The van der Waals surface area contributed by atoms with E-state index < -0.39 is 0 Å². The van der Waals surface area contributed by atoms with Crippen LogP contribution in [0.4, 0.5) is 0 Å². The van der Waals surface area contributed by atoms with Gasteiger partial charge in [0.1, 0.15) is 5.84 Å². The quantitative estimate of drug-likeness (QED) is 0.483. The summed E-state index contributed by atoms with van der Waals surface area (Å²) < 4.78 is 5.27. The summed E-state index contributed by atoms with van der Waals surface area (Å²) in [4.78, 5) is 0. The summed E-state index contributed by atoms with van der Waals surface area (Å²) >= 11 is 0. The Balaban J connectivity index is 2.79. The number of hydrogen-bond donors (Lipinski definition) is 2. The van der Waals surface area contributed by atoms with Crippen LogP contribution in [0.25, 0.3) is 0 Å². The maximum absolute atomic E-state index is 7.18. The van der Waals surface area contributed by atoms with Gasteiger partial charge in [-0.1, -0.05) is 0 Å². The van der Waals surface area contributed by atoms with E-state index in [0.717, 1.165) is 29.9 Å². The molecular weight excluding hydrogens is 152 g/mol. The van der Waals surface area contributed by atoms with Crippen molar-refractivity contribution in [2.24, 2.45) is 5.73 Å². The first-order valence-electron chi connectivity index (χ1n) is 3.96. The lowest BCUT2D eigenvalue weighted by atomic mass is 10.1. The first kappa shape index (κ1) is 8.84. The molecule has 3 N–H and O–H groups in total. The predicted molar refractivity (Wildman–Crippen MR) is 48.9 cm³/mol. The van der Waals surface area contributed by atoms with Gasteiger partial charge in [-0.25, -0.2) is 0 Å². The average molecular weight is 166 g/mol. The smallest absolute Gasteiger partial charge is 0.118 e. The summed E-state index contributed by atoms with van der Waals surface area (Å²) in [6, 6.07) is 0. The van der Waals surface area contributed by atoms with E-state index in [-0.39, 0.29) is 5.84 Å². The van der Waals surface area contributed by atoms with Crippen LogP contribution in [0.1, 0.15) is 20.3 Å². The fourth-order valence-electron chi connectivity index (χ4n) is 1.10. The van der Waals surface area contributed by atoms with E-state index >= 15 is 0 Å². The van der Waals surface area contributed by atoms with Gasteiger partial charge >= 0.3 is 0 Å².